The molecule has 0 bridgehead atoms. The molecule has 158 valence electrons. The van der Waals surface area contributed by atoms with Crippen LogP contribution in [0.25, 0.3) is 22.4 Å². The molecule has 0 aliphatic rings. The van der Waals surface area contributed by atoms with Crippen LogP contribution in [0.2, 0.25) is 0 Å². The smallest absolute Gasteiger partial charge is 0.339 e. The lowest BCUT2D eigenvalue weighted by Crippen LogP contribution is -2.30. The standard InChI is InChI=1S/C22H18FN3O5/c1-13-20-17(22(28)30-12-19(27)26(2)11-16-4-3-9-29-16)10-18(24-21(20)31-25-13)14-5-7-15(23)8-6-14/h3-10H,11-12H2,1-2H3. The minimum atomic E-state index is -0.721. The lowest BCUT2D eigenvalue weighted by molar-refractivity contribution is -0.133. The highest BCUT2D eigenvalue weighted by molar-refractivity contribution is 6.04. The fourth-order valence-corrected chi connectivity index (χ4v) is 3.06. The van der Waals surface area contributed by atoms with Crippen LogP contribution < -0.4 is 0 Å². The van der Waals surface area contributed by atoms with E-state index in [4.69, 9.17) is 13.7 Å². The number of rotatable bonds is 6. The average molecular weight is 423 g/mol. The van der Waals surface area contributed by atoms with Gasteiger partial charge in [0.25, 0.3) is 11.6 Å². The summed E-state index contributed by atoms with van der Waals surface area (Å²) in [6.07, 6.45) is 1.52. The summed E-state index contributed by atoms with van der Waals surface area (Å²) in [5.74, 6) is -0.892. The number of likely N-dealkylation sites (N-methyl/N-ethyl adjacent to an activating group) is 1. The van der Waals surface area contributed by atoms with E-state index in [2.05, 4.69) is 10.1 Å². The molecule has 0 unspecified atom stereocenters. The second kappa shape index (κ2) is 8.39. The highest BCUT2D eigenvalue weighted by atomic mass is 19.1. The average Bonchev–Trinajstić information content (AvgIpc) is 3.41. The summed E-state index contributed by atoms with van der Waals surface area (Å²) in [5, 5.41) is 4.26. The Kier molecular flexibility index (Phi) is 5.48. The van der Waals surface area contributed by atoms with Crippen LogP contribution in [-0.4, -0.2) is 40.6 Å². The number of aryl methyl sites for hydroxylation is 1. The fraction of sp³-hybridized carbons (Fsp3) is 0.182. The molecule has 0 fully saturated rings. The summed E-state index contributed by atoms with van der Waals surface area (Å²) in [4.78, 5) is 30.9. The lowest BCUT2D eigenvalue weighted by atomic mass is 10.1. The van der Waals surface area contributed by atoms with Gasteiger partial charge in [-0.3, -0.25) is 4.79 Å². The molecule has 3 aromatic heterocycles. The van der Waals surface area contributed by atoms with Gasteiger partial charge in [0.15, 0.2) is 6.61 Å². The fourth-order valence-electron chi connectivity index (χ4n) is 3.06. The van der Waals surface area contributed by atoms with Crippen molar-refractivity contribution in [2.24, 2.45) is 0 Å². The summed E-state index contributed by atoms with van der Waals surface area (Å²) in [5.41, 5.74) is 1.73. The van der Waals surface area contributed by atoms with Crippen LogP contribution >= 0.6 is 0 Å². The Labute approximate surface area is 176 Å². The van der Waals surface area contributed by atoms with Crippen LogP contribution in [0, 0.1) is 12.7 Å². The van der Waals surface area contributed by atoms with E-state index < -0.39 is 24.3 Å². The van der Waals surface area contributed by atoms with E-state index in [0.29, 0.717) is 28.1 Å². The van der Waals surface area contributed by atoms with E-state index in [9.17, 15) is 14.0 Å². The summed E-state index contributed by atoms with van der Waals surface area (Å²) >= 11 is 0. The monoisotopic (exact) mass is 423 g/mol. The van der Waals surface area contributed by atoms with Gasteiger partial charge < -0.3 is 18.6 Å². The van der Waals surface area contributed by atoms with Crippen LogP contribution in [0.3, 0.4) is 0 Å². The Hall–Kier alpha value is -4.01. The number of aromatic nitrogens is 2. The van der Waals surface area contributed by atoms with E-state index in [1.807, 2.05) is 0 Å². The Morgan fingerprint density at radius 2 is 1.97 bits per heavy atom. The number of nitrogens with zero attached hydrogens (tertiary/aromatic N) is 3. The van der Waals surface area contributed by atoms with Gasteiger partial charge in [0.2, 0.25) is 0 Å². The molecule has 0 saturated carbocycles. The topological polar surface area (TPSA) is 98.7 Å². The zero-order valence-electron chi connectivity index (χ0n) is 16.8. The third-order valence-corrected chi connectivity index (χ3v) is 4.70. The van der Waals surface area contributed by atoms with Crippen LogP contribution in [0.1, 0.15) is 21.8 Å². The maximum absolute atomic E-state index is 13.3. The Bertz CT molecular complexity index is 1230. The van der Waals surface area contributed by atoms with E-state index in [1.165, 1.54) is 41.5 Å². The lowest BCUT2D eigenvalue weighted by Gasteiger charge is -2.15. The van der Waals surface area contributed by atoms with Gasteiger partial charge in [-0.05, 0) is 49.4 Å². The van der Waals surface area contributed by atoms with Crippen LogP contribution in [0.15, 0.2) is 57.7 Å². The molecule has 0 atom stereocenters. The number of carbonyl (C=O) groups excluding carboxylic acids is 2. The van der Waals surface area contributed by atoms with Crippen molar-refractivity contribution in [1.29, 1.82) is 0 Å². The number of carbonyl (C=O) groups is 2. The maximum atomic E-state index is 13.3. The van der Waals surface area contributed by atoms with E-state index in [0.717, 1.165) is 0 Å². The zero-order chi connectivity index (χ0) is 22.0. The molecule has 8 nitrogen and oxygen atoms in total. The number of halogens is 1. The summed E-state index contributed by atoms with van der Waals surface area (Å²) in [6, 6.07) is 10.6. The number of esters is 1. The van der Waals surface area contributed by atoms with Crippen LogP contribution in [-0.2, 0) is 16.1 Å². The predicted molar refractivity (Wildman–Crippen MR) is 107 cm³/mol. The number of pyridine rings is 1. The molecule has 3 heterocycles. The number of fused-ring (bicyclic) bond motifs is 1. The third-order valence-electron chi connectivity index (χ3n) is 4.70. The molecule has 0 radical (unpaired) electrons. The van der Waals surface area contributed by atoms with E-state index in [-0.39, 0.29) is 17.8 Å². The van der Waals surface area contributed by atoms with Crippen LogP contribution in [0.5, 0.6) is 0 Å². The zero-order valence-corrected chi connectivity index (χ0v) is 16.8. The summed E-state index contributed by atoms with van der Waals surface area (Å²) in [7, 11) is 1.58. The Morgan fingerprint density at radius 1 is 1.19 bits per heavy atom. The molecule has 31 heavy (non-hydrogen) atoms. The first-order valence-corrected chi connectivity index (χ1v) is 9.39. The number of benzene rings is 1. The third kappa shape index (κ3) is 4.30. The van der Waals surface area contributed by atoms with Gasteiger partial charge in [0, 0.05) is 12.6 Å². The number of ether oxygens (including phenoxy) is 1. The number of amides is 1. The molecule has 4 rings (SSSR count). The summed E-state index contributed by atoms with van der Waals surface area (Å²) in [6.45, 7) is 1.47. The Balaban J connectivity index is 1.56. The van der Waals surface area contributed by atoms with Crippen molar-refractivity contribution in [1.82, 2.24) is 15.0 Å². The molecule has 0 N–H and O–H groups in total. The van der Waals surface area contributed by atoms with Crippen molar-refractivity contribution in [2.75, 3.05) is 13.7 Å². The largest absolute Gasteiger partial charge is 0.467 e. The summed E-state index contributed by atoms with van der Waals surface area (Å²) < 4.78 is 29.0. The molecule has 0 aliphatic carbocycles. The number of furan rings is 1. The van der Waals surface area contributed by atoms with Gasteiger partial charge in [-0.2, -0.15) is 0 Å². The van der Waals surface area contributed by atoms with Gasteiger partial charge in [0.05, 0.1) is 35.1 Å². The SMILES string of the molecule is Cc1noc2nc(-c3ccc(F)cc3)cc(C(=O)OCC(=O)N(C)Cc3ccco3)c12. The highest BCUT2D eigenvalue weighted by Crippen LogP contribution is 2.27. The Morgan fingerprint density at radius 3 is 2.68 bits per heavy atom. The van der Waals surface area contributed by atoms with Crippen molar-refractivity contribution in [3.05, 3.63) is 71.6 Å². The maximum Gasteiger partial charge on any atom is 0.339 e. The van der Waals surface area contributed by atoms with Gasteiger partial charge in [0.1, 0.15) is 11.6 Å². The van der Waals surface area contributed by atoms with Gasteiger partial charge in [-0.1, -0.05) is 5.16 Å². The number of hydrogen-bond acceptors (Lipinski definition) is 7. The molecule has 0 aliphatic heterocycles. The molecule has 9 heteroatoms. The molecule has 4 aromatic rings. The second-order valence-corrected chi connectivity index (χ2v) is 6.92. The minimum Gasteiger partial charge on any atom is -0.467 e. The van der Waals surface area contributed by atoms with Gasteiger partial charge in [-0.15, -0.1) is 0 Å². The van der Waals surface area contributed by atoms with Gasteiger partial charge in [-0.25, -0.2) is 14.2 Å². The quantitative estimate of drug-likeness (QED) is 0.436. The van der Waals surface area contributed by atoms with Crippen molar-refractivity contribution in [3.63, 3.8) is 0 Å². The molecule has 1 aromatic carbocycles. The van der Waals surface area contributed by atoms with Crippen molar-refractivity contribution >= 4 is 23.0 Å². The highest BCUT2D eigenvalue weighted by Gasteiger charge is 2.22. The molecule has 0 spiro atoms. The first kappa shape index (κ1) is 20.3. The van der Waals surface area contributed by atoms with Crippen molar-refractivity contribution < 1.29 is 27.7 Å². The molecule has 1 amide bonds. The van der Waals surface area contributed by atoms with E-state index in [1.54, 1.807) is 26.1 Å². The normalized spacial score (nSPS) is 10.9. The van der Waals surface area contributed by atoms with E-state index >= 15 is 0 Å². The minimum absolute atomic E-state index is 0.146. The van der Waals surface area contributed by atoms with Crippen molar-refractivity contribution in [3.8, 4) is 11.3 Å². The molecule has 0 saturated heterocycles. The predicted octanol–water partition coefficient (Wildman–Crippen LogP) is 3.75. The first-order valence-electron chi connectivity index (χ1n) is 9.39. The molecular weight excluding hydrogens is 405 g/mol. The van der Waals surface area contributed by atoms with Crippen LogP contribution in [0.4, 0.5) is 4.39 Å². The van der Waals surface area contributed by atoms with Crippen molar-refractivity contribution in [2.45, 2.75) is 13.5 Å². The second-order valence-electron chi connectivity index (χ2n) is 6.92. The van der Waals surface area contributed by atoms with Gasteiger partial charge >= 0.3 is 5.97 Å². The number of hydrogen-bond donors (Lipinski definition) is 0. The first-order chi connectivity index (χ1) is 14.9. The molecular formula is C22H18FN3O5.